The SMILES string of the molecule is CCc1nc(C)sc1C(=O)Nc1nc2cc(C(=O)OC)cc(OCCCN3CCOCC3)c2n1C/C=C/CNc1c(N)cc(C(=O)OC)cc1SC. The minimum Gasteiger partial charge on any atom is -0.491 e. The van der Waals surface area contributed by atoms with E-state index in [9.17, 15) is 14.4 Å². The second-order valence-electron chi connectivity index (χ2n) is 11.8. The normalized spacial score (nSPS) is 13.4. The number of hydrogen-bond acceptors (Lipinski definition) is 14. The van der Waals surface area contributed by atoms with Crippen molar-refractivity contribution in [3.05, 3.63) is 63.1 Å². The first-order chi connectivity index (χ1) is 25.2. The number of carbonyl (C=O) groups excluding carboxylic acids is 3. The monoisotopic (exact) mass is 751 g/mol. The number of ether oxygens (including phenoxy) is 4. The third-order valence-electron chi connectivity index (χ3n) is 8.40. The predicted octanol–water partition coefficient (Wildman–Crippen LogP) is 5.26. The fourth-order valence-electron chi connectivity index (χ4n) is 5.84. The number of nitrogens with two attached hydrogens (primary N) is 1. The first-order valence-electron chi connectivity index (χ1n) is 16.9. The number of nitrogen functional groups attached to an aromatic ring is 1. The number of imidazole rings is 1. The Labute approximate surface area is 311 Å². The maximum atomic E-state index is 13.6. The van der Waals surface area contributed by atoms with Crippen LogP contribution in [0, 0.1) is 6.92 Å². The maximum absolute atomic E-state index is 13.6. The fraction of sp³-hybridized carbons (Fsp3) is 0.417. The van der Waals surface area contributed by atoms with Crippen LogP contribution in [0.5, 0.6) is 5.75 Å². The Hall–Kier alpha value is -4.64. The molecule has 1 aliphatic rings. The Morgan fingerprint density at radius 2 is 1.79 bits per heavy atom. The molecule has 3 heterocycles. The van der Waals surface area contributed by atoms with E-state index in [2.05, 4.69) is 20.5 Å². The summed E-state index contributed by atoms with van der Waals surface area (Å²) in [4.78, 5) is 51.4. The number of rotatable bonds is 16. The number of fused-ring (bicyclic) bond motifs is 1. The lowest BCUT2D eigenvalue weighted by atomic mass is 10.1. The summed E-state index contributed by atoms with van der Waals surface area (Å²) >= 11 is 2.79. The standard InChI is InChI=1S/C36H45N7O7S2/c1-6-26-32(52-22(2)39-26)33(44)41-36-40-27-19-24(35(46)48-4)20-28(50-15-9-11-42-13-16-49-17-14-42)31(27)43(36)12-8-7-10-38-30-25(37)18-23(34(45)47-3)21-29(30)51-5/h7-8,18-21,38H,6,9-17,37H2,1-5H3,(H,40,41,44)/b8-7+. The number of carbonyl (C=O) groups is 3. The molecule has 1 saturated heterocycles. The Bertz CT molecular complexity index is 1940. The minimum absolute atomic E-state index is 0.284. The summed E-state index contributed by atoms with van der Waals surface area (Å²) in [6.45, 7) is 8.99. The van der Waals surface area contributed by atoms with Crippen molar-refractivity contribution in [1.82, 2.24) is 19.4 Å². The van der Waals surface area contributed by atoms with Crippen LogP contribution in [0.25, 0.3) is 11.0 Å². The third-order valence-corrected chi connectivity index (χ3v) is 10.2. The van der Waals surface area contributed by atoms with Gasteiger partial charge in [0, 0.05) is 37.6 Å². The number of thioether (sulfide) groups is 1. The van der Waals surface area contributed by atoms with Gasteiger partial charge in [-0.3, -0.25) is 15.0 Å². The number of nitrogens with zero attached hydrogens (tertiary/aromatic N) is 4. The third kappa shape index (κ3) is 9.23. The zero-order chi connectivity index (χ0) is 37.2. The molecule has 1 fully saturated rings. The van der Waals surface area contributed by atoms with Crippen LogP contribution in [0.1, 0.15) is 54.4 Å². The molecule has 0 radical (unpaired) electrons. The van der Waals surface area contributed by atoms with Crippen LogP contribution in [0.3, 0.4) is 0 Å². The number of morpholine rings is 1. The van der Waals surface area contributed by atoms with E-state index in [0.717, 1.165) is 41.7 Å². The largest absolute Gasteiger partial charge is 0.491 e. The number of aromatic nitrogens is 3. The van der Waals surface area contributed by atoms with E-state index in [1.807, 2.05) is 36.8 Å². The fourth-order valence-corrected chi connectivity index (χ4v) is 7.38. The number of nitrogens with one attached hydrogen (secondary N) is 2. The quantitative estimate of drug-likeness (QED) is 0.0446. The van der Waals surface area contributed by atoms with Crippen LogP contribution in [0.2, 0.25) is 0 Å². The van der Waals surface area contributed by atoms with E-state index in [1.165, 1.54) is 37.3 Å². The van der Waals surface area contributed by atoms with Gasteiger partial charge in [-0.2, -0.15) is 0 Å². The van der Waals surface area contributed by atoms with Crippen molar-refractivity contribution in [2.75, 3.05) is 82.8 Å². The number of allylic oxidation sites excluding steroid dienone is 1. The van der Waals surface area contributed by atoms with Crippen molar-refractivity contribution in [1.29, 1.82) is 0 Å². The van der Waals surface area contributed by atoms with Gasteiger partial charge in [-0.15, -0.1) is 23.1 Å². The van der Waals surface area contributed by atoms with Gasteiger partial charge in [-0.1, -0.05) is 19.1 Å². The summed E-state index contributed by atoms with van der Waals surface area (Å²) in [5.41, 5.74) is 9.91. The predicted molar refractivity (Wildman–Crippen MR) is 204 cm³/mol. The maximum Gasteiger partial charge on any atom is 0.338 e. The number of anilines is 3. The van der Waals surface area contributed by atoms with E-state index in [-0.39, 0.29) is 11.5 Å². The average molecular weight is 752 g/mol. The Morgan fingerprint density at radius 1 is 1.06 bits per heavy atom. The topological polar surface area (TPSA) is 172 Å². The van der Waals surface area contributed by atoms with Gasteiger partial charge in [0.15, 0.2) is 0 Å². The molecular formula is C36H45N7O7S2. The Kier molecular flexibility index (Phi) is 13.5. The molecule has 2 aromatic carbocycles. The van der Waals surface area contributed by atoms with E-state index >= 15 is 0 Å². The number of aryl methyl sites for hydroxylation is 2. The number of amides is 1. The second-order valence-corrected chi connectivity index (χ2v) is 13.9. The van der Waals surface area contributed by atoms with Crippen LogP contribution in [-0.4, -0.2) is 104 Å². The van der Waals surface area contributed by atoms with Crippen LogP contribution >= 0.6 is 23.1 Å². The van der Waals surface area contributed by atoms with Gasteiger partial charge in [0.05, 0.1) is 72.8 Å². The van der Waals surface area contributed by atoms with Gasteiger partial charge >= 0.3 is 11.9 Å². The van der Waals surface area contributed by atoms with Gasteiger partial charge in [0.2, 0.25) is 5.95 Å². The number of hydrogen-bond donors (Lipinski definition) is 3. The van der Waals surface area contributed by atoms with Gasteiger partial charge in [-0.25, -0.2) is 19.6 Å². The van der Waals surface area contributed by atoms with E-state index in [1.54, 1.807) is 24.3 Å². The first kappa shape index (κ1) is 38.6. The molecule has 0 saturated carbocycles. The van der Waals surface area contributed by atoms with Gasteiger partial charge in [-0.05, 0) is 50.3 Å². The lowest BCUT2D eigenvalue weighted by Gasteiger charge is -2.26. The molecule has 278 valence electrons. The van der Waals surface area contributed by atoms with Crippen molar-refractivity contribution < 1.29 is 33.3 Å². The number of thiazole rings is 1. The molecule has 16 heteroatoms. The molecular weight excluding hydrogens is 707 g/mol. The van der Waals surface area contributed by atoms with Crippen molar-refractivity contribution in [2.45, 2.75) is 38.1 Å². The molecule has 0 unspecified atom stereocenters. The molecule has 1 aliphatic heterocycles. The molecule has 14 nitrogen and oxygen atoms in total. The van der Waals surface area contributed by atoms with Crippen molar-refractivity contribution in [2.24, 2.45) is 0 Å². The number of benzene rings is 2. The van der Waals surface area contributed by atoms with E-state index < -0.39 is 11.9 Å². The minimum atomic E-state index is -0.526. The molecule has 2 aromatic heterocycles. The summed E-state index contributed by atoms with van der Waals surface area (Å²) in [7, 11) is 2.65. The van der Waals surface area contributed by atoms with Crippen LogP contribution in [0.15, 0.2) is 41.3 Å². The lowest BCUT2D eigenvalue weighted by molar-refractivity contribution is 0.0358. The van der Waals surface area contributed by atoms with Crippen LogP contribution < -0.4 is 21.1 Å². The molecule has 0 aliphatic carbocycles. The highest BCUT2D eigenvalue weighted by Crippen LogP contribution is 2.34. The zero-order valence-electron chi connectivity index (χ0n) is 30.1. The summed E-state index contributed by atoms with van der Waals surface area (Å²) in [6, 6.07) is 6.62. The van der Waals surface area contributed by atoms with Gasteiger partial charge in [0.25, 0.3) is 5.91 Å². The smallest absolute Gasteiger partial charge is 0.338 e. The van der Waals surface area contributed by atoms with Crippen molar-refractivity contribution >= 4 is 69.3 Å². The first-order valence-corrected chi connectivity index (χ1v) is 19.0. The lowest BCUT2D eigenvalue weighted by Crippen LogP contribution is -2.37. The highest BCUT2D eigenvalue weighted by molar-refractivity contribution is 7.98. The molecule has 4 N–H and O–H groups in total. The van der Waals surface area contributed by atoms with Crippen molar-refractivity contribution in [3.63, 3.8) is 0 Å². The number of esters is 2. The van der Waals surface area contributed by atoms with E-state index in [0.29, 0.717) is 83.9 Å². The van der Waals surface area contributed by atoms with Crippen LogP contribution in [-0.2, 0) is 27.2 Å². The average Bonchev–Trinajstić information content (AvgIpc) is 3.72. The zero-order valence-corrected chi connectivity index (χ0v) is 31.7. The Morgan fingerprint density at radius 3 is 2.48 bits per heavy atom. The molecule has 52 heavy (non-hydrogen) atoms. The summed E-state index contributed by atoms with van der Waals surface area (Å²) in [5, 5.41) is 7.14. The molecule has 4 aromatic rings. The number of methoxy groups -OCH3 is 2. The van der Waals surface area contributed by atoms with E-state index in [4.69, 9.17) is 29.7 Å². The summed E-state index contributed by atoms with van der Waals surface area (Å²) in [5.74, 6) is -0.563. The Balaban J connectivity index is 1.44. The summed E-state index contributed by atoms with van der Waals surface area (Å²) in [6.07, 6.45) is 7.15. The van der Waals surface area contributed by atoms with Crippen LogP contribution in [0.4, 0.5) is 17.3 Å². The van der Waals surface area contributed by atoms with Crippen molar-refractivity contribution in [3.8, 4) is 5.75 Å². The molecule has 0 atom stereocenters. The summed E-state index contributed by atoms with van der Waals surface area (Å²) < 4.78 is 23.6. The van der Waals surface area contributed by atoms with Gasteiger partial charge in [0.1, 0.15) is 16.1 Å². The molecule has 1 amide bonds. The molecule has 0 bridgehead atoms. The molecule has 0 spiro atoms. The van der Waals surface area contributed by atoms with Gasteiger partial charge < -0.3 is 34.6 Å². The second kappa shape index (κ2) is 18.2. The highest BCUT2D eigenvalue weighted by Gasteiger charge is 2.23. The molecule has 5 rings (SSSR count). The highest BCUT2D eigenvalue weighted by atomic mass is 32.2.